The van der Waals surface area contributed by atoms with Gasteiger partial charge in [0.1, 0.15) is 5.75 Å². The van der Waals surface area contributed by atoms with Crippen LogP contribution in [0, 0.1) is 0 Å². The number of benzene rings is 1. The van der Waals surface area contributed by atoms with Crippen LogP contribution in [0.25, 0.3) is 0 Å². The number of likely N-dealkylation sites (N-methyl/N-ethyl adjacent to an activating group) is 1. The number of hydrogen-bond acceptors (Lipinski definition) is 4. The van der Waals surface area contributed by atoms with E-state index in [9.17, 15) is 22.8 Å². The molecule has 2 amide bonds. The van der Waals surface area contributed by atoms with Gasteiger partial charge in [-0.2, -0.15) is 0 Å². The maximum atomic E-state index is 12.1. The van der Waals surface area contributed by atoms with E-state index in [1.807, 2.05) is 0 Å². The van der Waals surface area contributed by atoms with Crippen LogP contribution in [0.2, 0.25) is 0 Å². The van der Waals surface area contributed by atoms with Crippen molar-refractivity contribution in [3.8, 4) is 5.75 Å². The van der Waals surface area contributed by atoms with Crippen LogP contribution in [0.1, 0.15) is 19.8 Å². The number of rotatable bonds is 7. The van der Waals surface area contributed by atoms with Gasteiger partial charge in [-0.15, -0.1) is 13.2 Å². The lowest BCUT2D eigenvalue weighted by Gasteiger charge is -2.23. The van der Waals surface area contributed by atoms with Crippen molar-refractivity contribution in [2.75, 3.05) is 18.9 Å². The van der Waals surface area contributed by atoms with Gasteiger partial charge in [-0.05, 0) is 51.1 Å². The second-order valence-corrected chi connectivity index (χ2v) is 5.99. The lowest BCUT2D eigenvalue weighted by atomic mass is 10.2. The van der Waals surface area contributed by atoms with E-state index in [1.54, 1.807) is 18.9 Å². The highest BCUT2D eigenvalue weighted by Crippen LogP contribution is 2.24. The molecule has 0 aliphatic heterocycles. The molecule has 1 aliphatic rings. The average molecular weight is 359 g/mol. The third-order valence-corrected chi connectivity index (χ3v) is 3.73. The molecule has 1 aromatic rings. The van der Waals surface area contributed by atoms with E-state index in [-0.39, 0.29) is 30.2 Å². The number of amides is 2. The van der Waals surface area contributed by atoms with Gasteiger partial charge in [-0.3, -0.25) is 14.5 Å². The summed E-state index contributed by atoms with van der Waals surface area (Å²) in [4.78, 5) is 25.5. The van der Waals surface area contributed by atoms with Crippen LogP contribution in [-0.2, 0) is 9.59 Å². The molecule has 0 heterocycles. The van der Waals surface area contributed by atoms with E-state index in [2.05, 4.69) is 15.4 Å². The van der Waals surface area contributed by atoms with Gasteiger partial charge in [0.2, 0.25) is 11.8 Å². The van der Waals surface area contributed by atoms with Gasteiger partial charge < -0.3 is 15.4 Å². The van der Waals surface area contributed by atoms with Crippen molar-refractivity contribution in [2.24, 2.45) is 0 Å². The van der Waals surface area contributed by atoms with Crippen molar-refractivity contribution < 1.29 is 27.5 Å². The molecule has 0 aromatic heterocycles. The Morgan fingerprint density at radius 2 is 1.88 bits per heavy atom. The van der Waals surface area contributed by atoms with Crippen LogP contribution in [0.4, 0.5) is 18.9 Å². The lowest BCUT2D eigenvalue weighted by molar-refractivity contribution is -0.274. The highest BCUT2D eigenvalue weighted by atomic mass is 19.4. The minimum atomic E-state index is -4.76. The predicted molar refractivity (Wildman–Crippen MR) is 85.0 cm³/mol. The number of anilines is 1. The van der Waals surface area contributed by atoms with Gasteiger partial charge in [-0.1, -0.05) is 0 Å². The molecule has 1 fully saturated rings. The second kappa shape index (κ2) is 7.73. The van der Waals surface area contributed by atoms with E-state index in [1.165, 1.54) is 12.1 Å². The number of nitrogens with one attached hydrogen (secondary N) is 2. The largest absolute Gasteiger partial charge is 0.573 e. The summed E-state index contributed by atoms with van der Waals surface area (Å²) in [6.45, 7) is 1.67. The lowest BCUT2D eigenvalue weighted by Crippen LogP contribution is -2.46. The molecule has 0 spiro atoms. The van der Waals surface area contributed by atoms with Gasteiger partial charge in [0.05, 0.1) is 12.6 Å². The molecule has 0 unspecified atom stereocenters. The van der Waals surface area contributed by atoms with Gasteiger partial charge in [0, 0.05) is 11.7 Å². The fraction of sp³-hybridized carbons (Fsp3) is 0.500. The Morgan fingerprint density at radius 3 is 2.40 bits per heavy atom. The van der Waals surface area contributed by atoms with Crippen LogP contribution in [-0.4, -0.2) is 48.8 Å². The molecule has 6 nitrogen and oxygen atoms in total. The normalized spacial score (nSPS) is 15.6. The number of hydrogen-bond donors (Lipinski definition) is 2. The molecule has 0 radical (unpaired) electrons. The van der Waals surface area contributed by atoms with Gasteiger partial charge in [-0.25, -0.2) is 0 Å². The smallest absolute Gasteiger partial charge is 0.406 e. The topological polar surface area (TPSA) is 70.7 Å². The summed E-state index contributed by atoms with van der Waals surface area (Å²) in [5, 5.41) is 5.42. The van der Waals surface area contributed by atoms with Gasteiger partial charge in [0.25, 0.3) is 0 Å². The Bertz CT molecular complexity index is 615. The van der Waals surface area contributed by atoms with Crippen molar-refractivity contribution in [1.82, 2.24) is 10.2 Å². The molecule has 1 aromatic carbocycles. The number of halogens is 3. The Balaban J connectivity index is 1.81. The summed E-state index contributed by atoms with van der Waals surface area (Å²) in [5.74, 6) is -0.877. The summed E-state index contributed by atoms with van der Waals surface area (Å²) in [6, 6.07) is 4.62. The van der Waals surface area contributed by atoms with Crippen molar-refractivity contribution >= 4 is 17.5 Å². The van der Waals surface area contributed by atoms with E-state index in [0.717, 1.165) is 25.0 Å². The maximum Gasteiger partial charge on any atom is 0.573 e. The minimum Gasteiger partial charge on any atom is -0.406 e. The monoisotopic (exact) mass is 359 g/mol. The van der Waals surface area contributed by atoms with Gasteiger partial charge >= 0.3 is 6.36 Å². The first-order valence-corrected chi connectivity index (χ1v) is 7.80. The van der Waals surface area contributed by atoms with E-state index >= 15 is 0 Å². The Morgan fingerprint density at radius 1 is 1.28 bits per heavy atom. The van der Waals surface area contributed by atoms with Crippen molar-refractivity contribution in [3.63, 3.8) is 0 Å². The number of alkyl halides is 3. The minimum absolute atomic E-state index is 0.0277. The first kappa shape index (κ1) is 19.0. The SMILES string of the molecule is C[C@H](C(=O)NC1CC1)N(C)CC(=O)Nc1ccc(OC(F)(F)F)cc1. The summed E-state index contributed by atoms with van der Waals surface area (Å²) in [6.07, 6.45) is -2.79. The predicted octanol–water partition coefficient (Wildman–Crippen LogP) is 2.12. The van der Waals surface area contributed by atoms with Crippen LogP contribution in [0.3, 0.4) is 0 Å². The highest BCUT2D eigenvalue weighted by Gasteiger charge is 2.31. The molecule has 2 rings (SSSR count). The number of ether oxygens (including phenoxy) is 1. The maximum absolute atomic E-state index is 12.1. The Hall–Kier alpha value is -2.29. The quantitative estimate of drug-likeness (QED) is 0.782. The zero-order valence-electron chi connectivity index (χ0n) is 13.9. The van der Waals surface area contributed by atoms with E-state index in [4.69, 9.17) is 0 Å². The molecule has 1 aliphatic carbocycles. The molecule has 1 saturated carbocycles. The molecule has 0 saturated heterocycles. The molecule has 0 bridgehead atoms. The summed E-state index contributed by atoms with van der Waals surface area (Å²) in [5.41, 5.74) is 0.336. The Kier molecular flexibility index (Phi) is 5.89. The first-order valence-electron chi connectivity index (χ1n) is 7.80. The molecule has 25 heavy (non-hydrogen) atoms. The van der Waals surface area contributed by atoms with Crippen LogP contribution < -0.4 is 15.4 Å². The molecular formula is C16H20F3N3O3. The van der Waals surface area contributed by atoms with Crippen LogP contribution in [0.5, 0.6) is 5.75 Å². The third kappa shape index (κ3) is 6.61. The second-order valence-electron chi connectivity index (χ2n) is 5.99. The van der Waals surface area contributed by atoms with Crippen molar-refractivity contribution in [1.29, 1.82) is 0 Å². The van der Waals surface area contributed by atoms with Crippen LogP contribution in [0.15, 0.2) is 24.3 Å². The summed E-state index contributed by atoms with van der Waals surface area (Å²) >= 11 is 0. The summed E-state index contributed by atoms with van der Waals surface area (Å²) in [7, 11) is 1.65. The zero-order chi connectivity index (χ0) is 18.6. The zero-order valence-corrected chi connectivity index (χ0v) is 13.9. The Labute approximate surface area is 143 Å². The van der Waals surface area contributed by atoms with Crippen LogP contribution >= 0.6 is 0 Å². The molecule has 9 heteroatoms. The molecule has 1 atom stereocenters. The fourth-order valence-corrected chi connectivity index (χ4v) is 2.05. The fourth-order valence-electron chi connectivity index (χ4n) is 2.05. The summed E-state index contributed by atoms with van der Waals surface area (Å²) < 4.78 is 40.0. The standard InChI is InChI=1S/C16H20F3N3O3/c1-10(15(24)21-12-3-4-12)22(2)9-14(23)20-11-5-7-13(8-6-11)25-16(17,18)19/h5-8,10,12H,3-4,9H2,1-2H3,(H,20,23)(H,21,24)/t10-/m1/s1. The number of carbonyl (C=O) groups is 2. The van der Waals surface area contributed by atoms with E-state index in [0.29, 0.717) is 5.69 Å². The van der Waals surface area contributed by atoms with Crippen molar-refractivity contribution in [2.45, 2.75) is 38.2 Å². The first-order chi connectivity index (χ1) is 11.6. The molecule has 138 valence electrons. The van der Waals surface area contributed by atoms with Gasteiger partial charge in [0.15, 0.2) is 0 Å². The number of carbonyl (C=O) groups excluding carboxylic acids is 2. The molecule has 2 N–H and O–H groups in total. The average Bonchev–Trinajstić information content (AvgIpc) is 3.30. The third-order valence-electron chi connectivity index (χ3n) is 3.73. The van der Waals surface area contributed by atoms with Crippen molar-refractivity contribution in [3.05, 3.63) is 24.3 Å². The molecular weight excluding hydrogens is 339 g/mol. The van der Waals surface area contributed by atoms with E-state index < -0.39 is 12.4 Å². The highest BCUT2D eigenvalue weighted by molar-refractivity contribution is 5.92. The number of nitrogens with zero attached hydrogens (tertiary/aromatic N) is 1.